The Bertz CT molecular complexity index is 671. The van der Waals surface area contributed by atoms with E-state index in [4.69, 9.17) is 0 Å². The van der Waals surface area contributed by atoms with Crippen molar-refractivity contribution in [2.24, 2.45) is 0 Å². The van der Waals surface area contributed by atoms with E-state index in [1.54, 1.807) is 17.0 Å². The molecule has 0 spiro atoms. The Morgan fingerprint density at radius 1 is 1.00 bits per heavy atom. The third-order valence-corrected chi connectivity index (χ3v) is 2.70. The summed E-state index contributed by atoms with van der Waals surface area (Å²) in [5.41, 5.74) is 2.34. The van der Waals surface area contributed by atoms with Crippen molar-refractivity contribution in [2.45, 2.75) is 0 Å². The van der Waals surface area contributed by atoms with E-state index < -0.39 is 0 Å². The third kappa shape index (κ3) is 1.61. The van der Waals surface area contributed by atoms with Crippen LogP contribution >= 0.6 is 0 Å². The van der Waals surface area contributed by atoms with E-state index in [0.717, 1.165) is 11.0 Å². The topological polar surface area (TPSA) is 34.9 Å². The van der Waals surface area contributed by atoms with Crippen LogP contribution in [0.3, 0.4) is 0 Å². The van der Waals surface area contributed by atoms with Gasteiger partial charge in [0, 0.05) is 18.0 Å². The first kappa shape index (κ1) is 9.78. The molecule has 3 rings (SSSR count). The molecule has 2 aromatic heterocycles. The largest absolute Gasteiger partial charge is 0.282 e. The molecule has 0 aliphatic rings. The zero-order valence-corrected chi connectivity index (χ0v) is 9.08. The fourth-order valence-corrected chi connectivity index (χ4v) is 1.86. The van der Waals surface area contributed by atoms with Crippen molar-refractivity contribution in [3.8, 4) is 0 Å². The molecule has 0 aliphatic carbocycles. The van der Waals surface area contributed by atoms with Crippen LogP contribution in [0.4, 0.5) is 0 Å². The molecule has 0 saturated heterocycles. The molecule has 0 fully saturated rings. The zero-order valence-electron chi connectivity index (χ0n) is 9.08. The number of rotatable bonds is 1. The van der Waals surface area contributed by atoms with Gasteiger partial charge in [-0.05, 0) is 30.3 Å². The summed E-state index contributed by atoms with van der Waals surface area (Å²) in [6, 6.07) is 14.8. The van der Waals surface area contributed by atoms with E-state index in [1.807, 2.05) is 48.5 Å². The van der Waals surface area contributed by atoms with Crippen molar-refractivity contribution < 1.29 is 4.79 Å². The van der Waals surface area contributed by atoms with E-state index in [2.05, 4.69) is 4.98 Å². The highest BCUT2D eigenvalue weighted by molar-refractivity contribution is 6.01. The molecule has 2 heterocycles. The lowest BCUT2D eigenvalue weighted by Crippen LogP contribution is -2.10. The first-order valence-corrected chi connectivity index (χ1v) is 5.38. The minimum absolute atomic E-state index is 0.0337. The molecule has 0 atom stereocenters. The maximum atomic E-state index is 12.3. The summed E-state index contributed by atoms with van der Waals surface area (Å²) in [5.74, 6) is -0.0337. The molecule has 3 nitrogen and oxygen atoms in total. The summed E-state index contributed by atoms with van der Waals surface area (Å²) in [6.07, 6.45) is 3.48. The average molecular weight is 222 g/mol. The zero-order chi connectivity index (χ0) is 11.7. The predicted molar refractivity (Wildman–Crippen MR) is 65.9 cm³/mol. The number of carbonyl (C=O) groups is 1. The second-order valence-corrected chi connectivity index (χ2v) is 3.76. The Morgan fingerprint density at radius 3 is 2.65 bits per heavy atom. The summed E-state index contributed by atoms with van der Waals surface area (Å²) in [5, 5.41) is 0. The summed E-state index contributed by atoms with van der Waals surface area (Å²) in [7, 11) is 0. The van der Waals surface area contributed by atoms with Gasteiger partial charge in [-0.2, -0.15) is 0 Å². The molecular formula is C14H10N2O. The van der Waals surface area contributed by atoms with E-state index >= 15 is 0 Å². The molecule has 0 aliphatic heterocycles. The van der Waals surface area contributed by atoms with Crippen LogP contribution in [-0.4, -0.2) is 15.5 Å². The average Bonchev–Trinajstić information content (AvgIpc) is 2.83. The maximum Gasteiger partial charge on any atom is 0.262 e. The van der Waals surface area contributed by atoms with Crippen molar-refractivity contribution in [2.75, 3.05) is 0 Å². The monoisotopic (exact) mass is 222 g/mol. The Balaban J connectivity index is 2.14. The van der Waals surface area contributed by atoms with E-state index in [1.165, 1.54) is 0 Å². The van der Waals surface area contributed by atoms with Crippen LogP contribution in [0.15, 0.2) is 60.9 Å². The van der Waals surface area contributed by atoms with E-state index in [0.29, 0.717) is 5.56 Å². The van der Waals surface area contributed by atoms with Crippen LogP contribution < -0.4 is 0 Å². The predicted octanol–water partition coefficient (Wildman–Crippen LogP) is 2.72. The van der Waals surface area contributed by atoms with Crippen LogP contribution in [0.1, 0.15) is 10.4 Å². The van der Waals surface area contributed by atoms with Crippen molar-refractivity contribution in [1.82, 2.24) is 9.55 Å². The molecule has 0 amide bonds. The minimum atomic E-state index is -0.0337. The second-order valence-electron chi connectivity index (χ2n) is 3.76. The van der Waals surface area contributed by atoms with Gasteiger partial charge in [-0.1, -0.05) is 18.2 Å². The number of aromatic nitrogens is 2. The lowest BCUT2D eigenvalue weighted by molar-refractivity contribution is 0.0965. The summed E-state index contributed by atoms with van der Waals surface area (Å²) in [6.45, 7) is 0. The van der Waals surface area contributed by atoms with Gasteiger partial charge < -0.3 is 0 Å². The minimum Gasteiger partial charge on any atom is -0.282 e. The van der Waals surface area contributed by atoms with Crippen LogP contribution in [0.5, 0.6) is 0 Å². The van der Waals surface area contributed by atoms with Crippen LogP contribution in [0.25, 0.3) is 11.0 Å². The number of carbonyl (C=O) groups excluding carboxylic acids is 1. The van der Waals surface area contributed by atoms with E-state index in [9.17, 15) is 4.79 Å². The van der Waals surface area contributed by atoms with Crippen molar-refractivity contribution >= 4 is 16.9 Å². The first-order chi connectivity index (χ1) is 8.36. The van der Waals surface area contributed by atoms with Gasteiger partial charge in [0.2, 0.25) is 0 Å². The highest BCUT2D eigenvalue weighted by Gasteiger charge is 2.10. The van der Waals surface area contributed by atoms with Crippen LogP contribution in [0.2, 0.25) is 0 Å². The van der Waals surface area contributed by atoms with Crippen molar-refractivity contribution in [3.63, 3.8) is 0 Å². The second kappa shape index (κ2) is 3.87. The SMILES string of the molecule is O=C(c1ccccc1)n1ccc2ncccc21. The van der Waals surface area contributed by atoms with Gasteiger partial charge in [0.15, 0.2) is 0 Å². The Labute approximate surface area is 98.3 Å². The van der Waals surface area contributed by atoms with Gasteiger partial charge in [0.05, 0.1) is 11.0 Å². The van der Waals surface area contributed by atoms with Crippen LogP contribution in [0, 0.1) is 0 Å². The molecule has 0 saturated carbocycles. The van der Waals surface area contributed by atoms with Gasteiger partial charge >= 0.3 is 0 Å². The molecule has 3 aromatic rings. The Kier molecular flexibility index (Phi) is 2.22. The summed E-state index contributed by atoms with van der Waals surface area (Å²) in [4.78, 5) is 16.5. The molecule has 17 heavy (non-hydrogen) atoms. The summed E-state index contributed by atoms with van der Waals surface area (Å²) < 4.78 is 1.62. The Hall–Kier alpha value is -2.42. The molecule has 0 bridgehead atoms. The van der Waals surface area contributed by atoms with Gasteiger partial charge in [-0.25, -0.2) is 0 Å². The van der Waals surface area contributed by atoms with Crippen LogP contribution in [-0.2, 0) is 0 Å². The van der Waals surface area contributed by atoms with Gasteiger partial charge in [-0.15, -0.1) is 0 Å². The molecule has 1 aromatic carbocycles. The summed E-state index contributed by atoms with van der Waals surface area (Å²) >= 11 is 0. The number of hydrogen-bond acceptors (Lipinski definition) is 2. The molecule has 82 valence electrons. The lowest BCUT2D eigenvalue weighted by Gasteiger charge is -2.03. The molecule has 0 N–H and O–H groups in total. The maximum absolute atomic E-state index is 12.3. The molecule has 3 heteroatoms. The lowest BCUT2D eigenvalue weighted by atomic mass is 10.2. The molecular weight excluding hydrogens is 212 g/mol. The highest BCUT2D eigenvalue weighted by Crippen LogP contribution is 2.14. The van der Waals surface area contributed by atoms with E-state index in [-0.39, 0.29) is 5.91 Å². The number of nitrogens with zero attached hydrogens (tertiary/aromatic N) is 2. The number of hydrogen-bond donors (Lipinski definition) is 0. The quantitative estimate of drug-likeness (QED) is 0.634. The standard InChI is InChI=1S/C14H10N2O/c17-14(11-5-2-1-3-6-11)16-10-8-12-13(16)7-4-9-15-12/h1-10H. The smallest absolute Gasteiger partial charge is 0.262 e. The Morgan fingerprint density at radius 2 is 1.82 bits per heavy atom. The van der Waals surface area contributed by atoms with Gasteiger partial charge in [0.25, 0.3) is 5.91 Å². The van der Waals surface area contributed by atoms with Gasteiger partial charge in [0.1, 0.15) is 0 Å². The molecule has 0 unspecified atom stereocenters. The van der Waals surface area contributed by atoms with Crippen molar-refractivity contribution in [3.05, 3.63) is 66.5 Å². The highest BCUT2D eigenvalue weighted by atomic mass is 16.2. The number of fused-ring (bicyclic) bond motifs is 1. The first-order valence-electron chi connectivity index (χ1n) is 5.38. The third-order valence-electron chi connectivity index (χ3n) is 2.70. The fourth-order valence-electron chi connectivity index (χ4n) is 1.86. The molecule has 0 radical (unpaired) electrons. The fraction of sp³-hybridized carbons (Fsp3) is 0. The van der Waals surface area contributed by atoms with Crippen molar-refractivity contribution in [1.29, 1.82) is 0 Å². The number of benzene rings is 1. The van der Waals surface area contributed by atoms with Gasteiger partial charge in [-0.3, -0.25) is 14.3 Å². The normalized spacial score (nSPS) is 10.6. The number of pyridine rings is 1.